The normalized spacial score (nSPS) is 18.7. The van der Waals surface area contributed by atoms with Crippen molar-refractivity contribution < 1.29 is 10.0 Å². The first-order valence-electron chi connectivity index (χ1n) is 6.80. The van der Waals surface area contributed by atoms with Gasteiger partial charge in [-0.15, -0.1) is 11.3 Å². The van der Waals surface area contributed by atoms with Crippen molar-refractivity contribution in [3.05, 3.63) is 21.1 Å². The second-order valence-corrected chi connectivity index (χ2v) is 6.09. The number of hydrogen-bond acceptors (Lipinski definition) is 5. The SMILES string of the molecule is CC(O)c1cc([N+](=O)[O-])c(N2CCCCCCC2)s1. The maximum atomic E-state index is 11.2. The number of nitrogens with zero attached hydrogens (tertiary/aromatic N) is 2. The minimum absolute atomic E-state index is 0.140. The third kappa shape index (κ3) is 3.45. The van der Waals surface area contributed by atoms with E-state index < -0.39 is 6.10 Å². The molecule has 0 radical (unpaired) electrons. The van der Waals surface area contributed by atoms with Crippen molar-refractivity contribution in [2.75, 3.05) is 18.0 Å². The predicted molar refractivity (Wildman–Crippen MR) is 76.9 cm³/mol. The molecule has 106 valence electrons. The van der Waals surface area contributed by atoms with Crippen molar-refractivity contribution in [2.45, 2.75) is 45.1 Å². The zero-order chi connectivity index (χ0) is 13.8. The third-order valence-electron chi connectivity index (χ3n) is 3.46. The lowest BCUT2D eigenvalue weighted by Gasteiger charge is -2.24. The molecule has 1 unspecified atom stereocenters. The number of hydrogen-bond donors (Lipinski definition) is 1. The standard InChI is InChI=1S/C13H20N2O3S/c1-10(16)12-9-11(15(17)18)13(19-12)14-7-5-3-2-4-6-8-14/h9-10,16H,2-8H2,1H3. The summed E-state index contributed by atoms with van der Waals surface area (Å²) in [6, 6.07) is 1.52. The second-order valence-electron chi connectivity index (χ2n) is 5.03. The highest BCUT2D eigenvalue weighted by Crippen LogP contribution is 2.40. The van der Waals surface area contributed by atoms with Crippen molar-refractivity contribution in [3.63, 3.8) is 0 Å². The lowest BCUT2D eigenvalue weighted by atomic mass is 10.1. The molecule has 2 rings (SSSR count). The van der Waals surface area contributed by atoms with Crippen LogP contribution in [-0.4, -0.2) is 23.1 Å². The largest absolute Gasteiger partial charge is 0.388 e. The quantitative estimate of drug-likeness (QED) is 0.681. The minimum atomic E-state index is -0.646. The molecule has 1 N–H and O–H groups in total. The van der Waals surface area contributed by atoms with E-state index in [1.165, 1.54) is 36.7 Å². The number of anilines is 1. The summed E-state index contributed by atoms with van der Waals surface area (Å²) in [5.41, 5.74) is 0.140. The Bertz CT molecular complexity index is 437. The molecule has 1 saturated heterocycles. The van der Waals surface area contributed by atoms with Gasteiger partial charge < -0.3 is 10.0 Å². The summed E-state index contributed by atoms with van der Waals surface area (Å²) in [5.74, 6) is 0. The fourth-order valence-electron chi connectivity index (χ4n) is 2.40. The topological polar surface area (TPSA) is 66.6 Å². The van der Waals surface area contributed by atoms with E-state index in [9.17, 15) is 15.2 Å². The van der Waals surface area contributed by atoms with Gasteiger partial charge in [0.25, 0.3) is 0 Å². The highest BCUT2D eigenvalue weighted by Gasteiger charge is 2.25. The number of thiophene rings is 1. The van der Waals surface area contributed by atoms with Crippen LogP contribution in [0.1, 0.15) is 50.0 Å². The van der Waals surface area contributed by atoms with Crippen molar-refractivity contribution in [1.29, 1.82) is 0 Å². The Morgan fingerprint density at radius 1 is 1.32 bits per heavy atom. The Balaban J connectivity index is 2.27. The summed E-state index contributed by atoms with van der Waals surface area (Å²) in [7, 11) is 0. The summed E-state index contributed by atoms with van der Waals surface area (Å²) in [6.45, 7) is 3.40. The summed E-state index contributed by atoms with van der Waals surface area (Å²) in [6.07, 6.45) is 5.17. The maximum absolute atomic E-state index is 11.2. The summed E-state index contributed by atoms with van der Waals surface area (Å²) >= 11 is 1.35. The Morgan fingerprint density at radius 3 is 2.42 bits per heavy atom. The zero-order valence-electron chi connectivity index (χ0n) is 11.2. The zero-order valence-corrected chi connectivity index (χ0v) is 12.0. The van der Waals surface area contributed by atoms with E-state index in [1.807, 2.05) is 0 Å². The average molecular weight is 284 g/mol. The molecule has 2 heterocycles. The molecule has 0 bridgehead atoms. The first kappa shape index (κ1) is 14.3. The lowest BCUT2D eigenvalue weighted by Crippen LogP contribution is -2.26. The average Bonchev–Trinajstić information content (AvgIpc) is 2.73. The molecule has 1 atom stereocenters. The van der Waals surface area contributed by atoms with Gasteiger partial charge in [0, 0.05) is 24.0 Å². The van der Waals surface area contributed by atoms with Gasteiger partial charge in [-0.2, -0.15) is 0 Å². The molecule has 1 aromatic rings. The van der Waals surface area contributed by atoms with Gasteiger partial charge in [0.1, 0.15) is 0 Å². The maximum Gasteiger partial charge on any atom is 0.304 e. The molecular formula is C13H20N2O3S. The minimum Gasteiger partial charge on any atom is -0.388 e. The van der Waals surface area contributed by atoms with Gasteiger partial charge in [0.15, 0.2) is 5.00 Å². The molecule has 1 fully saturated rings. The van der Waals surface area contributed by atoms with Crippen LogP contribution in [0.5, 0.6) is 0 Å². The molecule has 0 amide bonds. The first-order valence-corrected chi connectivity index (χ1v) is 7.62. The van der Waals surface area contributed by atoms with E-state index in [0.717, 1.165) is 25.9 Å². The van der Waals surface area contributed by atoms with Crippen molar-refractivity contribution >= 4 is 22.0 Å². The molecular weight excluding hydrogens is 264 g/mol. The van der Waals surface area contributed by atoms with Crippen LogP contribution in [0.25, 0.3) is 0 Å². The van der Waals surface area contributed by atoms with E-state index in [-0.39, 0.29) is 10.6 Å². The van der Waals surface area contributed by atoms with Crippen LogP contribution in [-0.2, 0) is 0 Å². The monoisotopic (exact) mass is 284 g/mol. The van der Waals surface area contributed by atoms with Crippen LogP contribution < -0.4 is 4.90 Å². The smallest absolute Gasteiger partial charge is 0.304 e. The Morgan fingerprint density at radius 2 is 1.89 bits per heavy atom. The van der Waals surface area contributed by atoms with E-state index in [0.29, 0.717) is 9.88 Å². The van der Waals surface area contributed by atoms with Crippen molar-refractivity contribution in [2.24, 2.45) is 0 Å². The fraction of sp³-hybridized carbons (Fsp3) is 0.692. The summed E-state index contributed by atoms with van der Waals surface area (Å²) in [4.78, 5) is 13.6. The number of aliphatic hydroxyl groups excluding tert-OH is 1. The second kappa shape index (κ2) is 6.34. The molecule has 1 aromatic heterocycles. The molecule has 0 saturated carbocycles. The van der Waals surface area contributed by atoms with Gasteiger partial charge in [0.05, 0.1) is 11.0 Å². The third-order valence-corrected chi connectivity index (χ3v) is 4.82. The number of nitro groups is 1. The van der Waals surface area contributed by atoms with Crippen molar-refractivity contribution in [3.8, 4) is 0 Å². The van der Waals surface area contributed by atoms with Crippen LogP contribution in [0.3, 0.4) is 0 Å². The molecule has 0 aromatic carbocycles. The Labute approximate surface area is 117 Å². The van der Waals surface area contributed by atoms with E-state index >= 15 is 0 Å². The highest BCUT2D eigenvalue weighted by atomic mass is 32.1. The van der Waals surface area contributed by atoms with Crippen LogP contribution in [0.4, 0.5) is 10.7 Å². The van der Waals surface area contributed by atoms with Crippen LogP contribution in [0.15, 0.2) is 6.07 Å². The number of rotatable bonds is 3. The van der Waals surface area contributed by atoms with Crippen LogP contribution >= 0.6 is 11.3 Å². The highest BCUT2D eigenvalue weighted by molar-refractivity contribution is 7.16. The van der Waals surface area contributed by atoms with E-state index in [4.69, 9.17) is 0 Å². The lowest BCUT2D eigenvalue weighted by molar-refractivity contribution is -0.383. The van der Waals surface area contributed by atoms with Gasteiger partial charge >= 0.3 is 5.69 Å². The van der Waals surface area contributed by atoms with Gasteiger partial charge in [0.2, 0.25) is 0 Å². The molecule has 1 aliphatic heterocycles. The molecule has 0 spiro atoms. The number of aliphatic hydroxyl groups is 1. The fourth-order valence-corrected chi connectivity index (χ4v) is 3.52. The van der Waals surface area contributed by atoms with Gasteiger partial charge in [-0.25, -0.2) is 0 Å². The summed E-state index contributed by atoms with van der Waals surface area (Å²) in [5, 5.41) is 21.5. The van der Waals surface area contributed by atoms with E-state index in [1.54, 1.807) is 6.92 Å². The molecule has 1 aliphatic rings. The van der Waals surface area contributed by atoms with Gasteiger partial charge in [-0.3, -0.25) is 10.1 Å². The Hall–Kier alpha value is -1.14. The van der Waals surface area contributed by atoms with Gasteiger partial charge in [-0.05, 0) is 19.8 Å². The molecule has 6 heteroatoms. The molecule has 5 nitrogen and oxygen atoms in total. The van der Waals surface area contributed by atoms with Gasteiger partial charge in [-0.1, -0.05) is 19.3 Å². The predicted octanol–water partition coefficient (Wildman–Crippen LogP) is 3.48. The first-order chi connectivity index (χ1) is 9.09. The molecule has 19 heavy (non-hydrogen) atoms. The van der Waals surface area contributed by atoms with Crippen molar-refractivity contribution in [1.82, 2.24) is 0 Å². The Kier molecular flexibility index (Phi) is 4.76. The molecule has 0 aliphatic carbocycles. The van der Waals surface area contributed by atoms with E-state index in [2.05, 4.69) is 4.90 Å². The summed E-state index contributed by atoms with van der Waals surface area (Å²) < 4.78 is 0. The van der Waals surface area contributed by atoms with Crippen LogP contribution in [0.2, 0.25) is 0 Å². The van der Waals surface area contributed by atoms with Crippen LogP contribution in [0, 0.1) is 10.1 Å².